The summed E-state index contributed by atoms with van der Waals surface area (Å²) in [5.74, 6) is 0.572. The SMILES string of the molecule is O=C(c1n[nH]c2c1CNCC2)N1CCC(Oc2ccc([N+](=O)[O-])cc2)CC1. The minimum absolute atomic E-state index is 0.00901. The lowest BCUT2D eigenvalue weighted by atomic mass is 10.0. The highest BCUT2D eigenvalue weighted by Crippen LogP contribution is 2.23. The van der Waals surface area contributed by atoms with E-state index in [0.717, 1.165) is 24.2 Å². The average Bonchev–Trinajstić information content (AvgIpc) is 3.12. The summed E-state index contributed by atoms with van der Waals surface area (Å²) in [5, 5.41) is 21.2. The normalized spacial score (nSPS) is 17.4. The molecule has 0 spiro atoms. The molecule has 1 amide bonds. The number of nitro benzene ring substituents is 1. The Morgan fingerprint density at radius 2 is 2.00 bits per heavy atom. The number of piperidine rings is 1. The molecule has 1 aromatic heterocycles. The monoisotopic (exact) mass is 371 g/mol. The fourth-order valence-corrected chi connectivity index (χ4v) is 3.57. The lowest BCUT2D eigenvalue weighted by molar-refractivity contribution is -0.384. The molecule has 4 rings (SSSR count). The van der Waals surface area contributed by atoms with E-state index in [1.54, 1.807) is 12.1 Å². The van der Waals surface area contributed by atoms with E-state index in [2.05, 4.69) is 15.5 Å². The van der Waals surface area contributed by atoms with Crippen LogP contribution in [0.5, 0.6) is 5.75 Å². The third-order valence-corrected chi connectivity index (χ3v) is 5.09. The van der Waals surface area contributed by atoms with Crippen molar-refractivity contribution in [1.29, 1.82) is 0 Å². The molecule has 142 valence electrons. The minimum Gasteiger partial charge on any atom is -0.490 e. The molecule has 2 N–H and O–H groups in total. The van der Waals surface area contributed by atoms with E-state index >= 15 is 0 Å². The van der Waals surface area contributed by atoms with Crippen molar-refractivity contribution in [3.63, 3.8) is 0 Å². The van der Waals surface area contributed by atoms with Crippen molar-refractivity contribution in [2.75, 3.05) is 19.6 Å². The zero-order valence-electron chi connectivity index (χ0n) is 14.8. The maximum atomic E-state index is 12.8. The van der Waals surface area contributed by atoms with Crippen molar-refractivity contribution >= 4 is 11.6 Å². The summed E-state index contributed by atoms with van der Waals surface area (Å²) >= 11 is 0. The van der Waals surface area contributed by atoms with E-state index in [4.69, 9.17) is 4.74 Å². The zero-order valence-corrected chi connectivity index (χ0v) is 14.8. The van der Waals surface area contributed by atoms with Gasteiger partial charge in [-0.3, -0.25) is 20.0 Å². The van der Waals surface area contributed by atoms with E-state index in [1.807, 2.05) is 4.90 Å². The van der Waals surface area contributed by atoms with Gasteiger partial charge in [-0.2, -0.15) is 5.10 Å². The molecular formula is C18H21N5O4. The van der Waals surface area contributed by atoms with Crippen LogP contribution in [-0.2, 0) is 13.0 Å². The highest BCUT2D eigenvalue weighted by Gasteiger charge is 2.29. The highest BCUT2D eigenvalue weighted by molar-refractivity contribution is 5.94. The first-order chi connectivity index (χ1) is 13.1. The molecule has 0 bridgehead atoms. The second-order valence-electron chi connectivity index (χ2n) is 6.82. The van der Waals surface area contributed by atoms with Crippen LogP contribution in [0.25, 0.3) is 0 Å². The predicted molar refractivity (Wildman–Crippen MR) is 96.6 cm³/mol. The molecule has 2 aliphatic rings. The van der Waals surface area contributed by atoms with E-state index in [0.29, 0.717) is 43.9 Å². The van der Waals surface area contributed by atoms with Gasteiger partial charge in [-0.25, -0.2) is 0 Å². The number of carbonyl (C=O) groups is 1. The van der Waals surface area contributed by atoms with E-state index in [1.165, 1.54) is 12.1 Å². The van der Waals surface area contributed by atoms with E-state index < -0.39 is 4.92 Å². The van der Waals surface area contributed by atoms with Crippen molar-refractivity contribution in [2.24, 2.45) is 0 Å². The lowest BCUT2D eigenvalue weighted by Gasteiger charge is -2.32. The molecule has 1 saturated heterocycles. The largest absolute Gasteiger partial charge is 0.490 e. The van der Waals surface area contributed by atoms with Gasteiger partial charge in [0, 0.05) is 68.8 Å². The van der Waals surface area contributed by atoms with Gasteiger partial charge in [0.1, 0.15) is 11.9 Å². The van der Waals surface area contributed by atoms with Gasteiger partial charge in [0.15, 0.2) is 5.69 Å². The van der Waals surface area contributed by atoms with Crippen molar-refractivity contribution < 1.29 is 14.5 Å². The summed E-state index contributed by atoms with van der Waals surface area (Å²) in [6.07, 6.45) is 2.28. The van der Waals surface area contributed by atoms with Gasteiger partial charge in [0.25, 0.3) is 11.6 Å². The smallest absolute Gasteiger partial charge is 0.274 e. The number of benzene rings is 1. The van der Waals surface area contributed by atoms with Gasteiger partial charge in [0.2, 0.25) is 0 Å². The molecule has 3 heterocycles. The van der Waals surface area contributed by atoms with Crippen molar-refractivity contribution in [3.05, 3.63) is 51.3 Å². The van der Waals surface area contributed by atoms with E-state index in [-0.39, 0.29) is 17.7 Å². The third-order valence-electron chi connectivity index (χ3n) is 5.09. The van der Waals surface area contributed by atoms with Gasteiger partial charge in [-0.15, -0.1) is 0 Å². The van der Waals surface area contributed by atoms with Crippen LogP contribution in [0.3, 0.4) is 0 Å². The number of aromatic amines is 1. The van der Waals surface area contributed by atoms with Crippen LogP contribution in [0.4, 0.5) is 5.69 Å². The molecule has 0 radical (unpaired) electrons. The minimum atomic E-state index is -0.433. The maximum Gasteiger partial charge on any atom is 0.274 e. The van der Waals surface area contributed by atoms with Crippen molar-refractivity contribution in [3.8, 4) is 5.75 Å². The number of amides is 1. The predicted octanol–water partition coefficient (Wildman–Crippen LogP) is 1.65. The zero-order chi connectivity index (χ0) is 18.8. The first-order valence-corrected chi connectivity index (χ1v) is 9.09. The number of likely N-dealkylation sites (tertiary alicyclic amines) is 1. The number of nitrogens with one attached hydrogen (secondary N) is 2. The van der Waals surface area contributed by atoms with E-state index in [9.17, 15) is 14.9 Å². The number of ether oxygens (including phenoxy) is 1. The number of hydrogen-bond acceptors (Lipinski definition) is 6. The molecule has 9 heteroatoms. The summed E-state index contributed by atoms with van der Waals surface area (Å²) in [7, 11) is 0. The number of H-pyrrole nitrogens is 1. The molecule has 0 unspecified atom stereocenters. The van der Waals surface area contributed by atoms with Crippen LogP contribution in [0.2, 0.25) is 0 Å². The molecule has 0 aliphatic carbocycles. The quantitative estimate of drug-likeness (QED) is 0.624. The molecule has 2 aliphatic heterocycles. The number of aromatic nitrogens is 2. The Hall–Kier alpha value is -2.94. The standard InChI is InChI=1S/C18H21N5O4/c24-18(17-15-11-19-8-5-16(15)20-21-17)22-9-6-14(7-10-22)27-13-3-1-12(2-4-13)23(25)26/h1-4,14,19H,5-11H2,(H,20,21). The molecule has 27 heavy (non-hydrogen) atoms. The lowest BCUT2D eigenvalue weighted by Crippen LogP contribution is -2.42. The summed E-state index contributed by atoms with van der Waals surface area (Å²) in [6.45, 7) is 2.78. The number of fused-ring (bicyclic) bond motifs is 1. The molecule has 9 nitrogen and oxygen atoms in total. The average molecular weight is 371 g/mol. The highest BCUT2D eigenvalue weighted by atomic mass is 16.6. The third kappa shape index (κ3) is 3.63. The fourth-order valence-electron chi connectivity index (χ4n) is 3.57. The first kappa shape index (κ1) is 17.5. The summed E-state index contributed by atoms with van der Waals surface area (Å²) in [6, 6.07) is 6.09. The second kappa shape index (κ2) is 7.36. The Morgan fingerprint density at radius 3 is 2.70 bits per heavy atom. The van der Waals surface area contributed by atoms with Gasteiger partial charge in [0.05, 0.1) is 4.92 Å². The van der Waals surface area contributed by atoms with Gasteiger partial charge < -0.3 is 15.0 Å². The number of rotatable bonds is 4. The Balaban J connectivity index is 1.34. The number of nitro groups is 1. The number of hydrogen-bond donors (Lipinski definition) is 2. The van der Waals surface area contributed by atoms with Crippen LogP contribution in [0.15, 0.2) is 24.3 Å². The van der Waals surface area contributed by atoms with Crippen LogP contribution < -0.4 is 10.1 Å². The molecular weight excluding hydrogens is 350 g/mol. The number of carbonyl (C=O) groups excluding carboxylic acids is 1. The Kier molecular flexibility index (Phi) is 4.76. The molecule has 2 aromatic rings. The first-order valence-electron chi connectivity index (χ1n) is 9.09. The maximum absolute atomic E-state index is 12.8. The number of non-ortho nitro benzene ring substituents is 1. The van der Waals surface area contributed by atoms with Crippen molar-refractivity contribution in [1.82, 2.24) is 20.4 Å². The Labute approximate surface area is 155 Å². The topological polar surface area (TPSA) is 113 Å². The summed E-state index contributed by atoms with van der Waals surface area (Å²) in [5.41, 5.74) is 2.59. The van der Waals surface area contributed by atoms with Crippen LogP contribution in [0, 0.1) is 10.1 Å². The second-order valence-corrected chi connectivity index (χ2v) is 6.82. The number of nitrogens with zero attached hydrogens (tertiary/aromatic N) is 3. The Bertz CT molecular complexity index is 840. The molecule has 1 fully saturated rings. The Morgan fingerprint density at radius 1 is 1.26 bits per heavy atom. The van der Waals surface area contributed by atoms with Crippen molar-refractivity contribution in [2.45, 2.75) is 31.9 Å². The molecule has 0 atom stereocenters. The summed E-state index contributed by atoms with van der Waals surface area (Å²) < 4.78 is 5.91. The van der Waals surface area contributed by atoms with Gasteiger partial charge >= 0.3 is 0 Å². The molecule has 0 saturated carbocycles. The fraction of sp³-hybridized carbons (Fsp3) is 0.444. The van der Waals surface area contributed by atoms with Crippen LogP contribution in [-0.4, -0.2) is 51.7 Å². The molecule has 1 aromatic carbocycles. The van der Waals surface area contributed by atoms with Crippen LogP contribution >= 0.6 is 0 Å². The summed E-state index contributed by atoms with van der Waals surface area (Å²) in [4.78, 5) is 24.9. The van der Waals surface area contributed by atoms with Crippen LogP contribution in [0.1, 0.15) is 34.6 Å². The van der Waals surface area contributed by atoms with Gasteiger partial charge in [-0.05, 0) is 12.1 Å². The van der Waals surface area contributed by atoms with Gasteiger partial charge in [-0.1, -0.05) is 0 Å².